The molecule has 0 spiro atoms. The van der Waals surface area contributed by atoms with E-state index in [9.17, 15) is 14.4 Å². The summed E-state index contributed by atoms with van der Waals surface area (Å²) in [6, 6.07) is -0.448. The van der Waals surface area contributed by atoms with Crippen LogP contribution in [-0.2, 0) is 9.53 Å². The van der Waals surface area contributed by atoms with Crippen LogP contribution in [-0.4, -0.2) is 65.4 Å². The molecule has 1 aliphatic heterocycles. The number of aryl methyl sites for hydroxylation is 1. The SMILES string of the molecule is Cc1[nH]c(C(=O)N2CCCC2C(=O)N(C)C)c(C)c1C(=O)OC(C)C. The molecule has 138 valence electrons. The predicted molar refractivity (Wildman–Crippen MR) is 93.6 cm³/mol. The van der Waals surface area contributed by atoms with E-state index in [1.165, 1.54) is 4.90 Å². The number of carbonyl (C=O) groups excluding carboxylic acids is 3. The molecule has 25 heavy (non-hydrogen) atoms. The van der Waals surface area contributed by atoms with Crippen molar-refractivity contribution in [1.82, 2.24) is 14.8 Å². The summed E-state index contributed by atoms with van der Waals surface area (Å²) in [4.78, 5) is 43.7. The predicted octanol–water partition coefficient (Wildman–Crippen LogP) is 1.89. The molecule has 0 radical (unpaired) electrons. The zero-order valence-corrected chi connectivity index (χ0v) is 15.8. The fourth-order valence-electron chi connectivity index (χ4n) is 3.25. The van der Waals surface area contributed by atoms with Crippen molar-refractivity contribution >= 4 is 17.8 Å². The first-order valence-electron chi connectivity index (χ1n) is 8.57. The number of amides is 2. The molecule has 1 atom stereocenters. The molecule has 2 heterocycles. The molecule has 0 saturated carbocycles. The molecule has 0 aromatic carbocycles. The Hall–Kier alpha value is -2.31. The molecule has 1 saturated heterocycles. The van der Waals surface area contributed by atoms with Crippen LogP contribution >= 0.6 is 0 Å². The molecule has 1 aromatic rings. The summed E-state index contributed by atoms with van der Waals surface area (Å²) in [7, 11) is 3.38. The molecule has 2 rings (SSSR count). The summed E-state index contributed by atoms with van der Waals surface area (Å²) < 4.78 is 5.26. The number of H-pyrrole nitrogens is 1. The molecule has 1 aliphatic rings. The van der Waals surface area contributed by atoms with Gasteiger partial charge < -0.3 is 19.5 Å². The summed E-state index contributed by atoms with van der Waals surface area (Å²) >= 11 is 0. The van der Waals surface area contributed by atoms with Crippen LogP contribution in [0.3, 0.4) is 0 Å². The molecular formula is C18H27N3O4. The summed E-state index contributed by atoms with van der Waals surface area (Å²) in [5, 5.41) is 0. The van der Waals surface area contributed by atoms with Crippen molar-refractivity contribution in [1.29, 1.82) is 0 Å². The van der Waals surface area contributed by atoms with Gasteiger partial charge in [0.2, 0.25) is 5.91 Å². The van der Waals surface area contributed by atoms with Gasteiger partial charge >= 0.3 is 5.97 Å². The van der Waals surface area contributed by atoms with Crippen LogP contribution < -0.4 is 0 Å². The Morgan fingerprint density at radius 2 is 1.88 bits per heavy atom. The van der Waals surface area contributed by atoms with Crippen molar-refractivity contribution in [2.75, 3.05) is 20.6 Å². The molecule has 0 aliphatic carbocycles. The summed E-state index contributed by atoms with van der Waals surface area (Å²) in [5.74, 6) is -0.768. The van der Waals surface area contributed by atoms with Gasteiger partial charge in [0, 0.05) is 26.3 Å². The number of aromatic nitrogens is 1. The first-order chi connectivity index (χ1) is 11.6. The van der Waals surface area contributed by atoms with E-state index in [0.29, 0.717) is 35.5 Å². The lowest BCUT2D eigenvalue weighted by Crippen LogP contribution is -2.45. The maximum Gasteiger partial charge on any atom is 0.340 e. The molecule has 0 bridgehead atoms. The Morgan fingerprint density at radius 1 is 1.24 bits per heavy atom. The lowest BCUT2D eigenvalue weighted by Gasteiger charge is -2.26. The first kappa shape index (κ1) is 19.0. The van der Waals surface area contributed by atoms with E-state index in [4.69, 9.17) is 4.74 Å². The number of ether oxygens (including phenoxy) is 1. The summed E-state index contributed by atoms with van der Waals surface area (Å²) in [5.41, 5.74) is 1.91. The van der Waals surface area contributed by atoms with Gasteiger partial charge in [0.25, 0.3) is 5.91 Å². The number of hydrogen-bond acceptors (Lipinski definition) is 4. The second kappa shape index (κ2) is 7.29. The normalized spacial score (nSPS) is 17.1. The Morgan fingerprint density at radius 3 is 2.44 bits per heavy atom. The van der Waals surface area contributed by atoms with E-state index >= 15 is 0 Å². The minimum atomic E-state index is -0.448. The van der Waals surface area contributed by atoms with Crippen LogP contribution in [0.1, 0.15) is 58.8 Å². The van der Waals surface area contributed by atoms with Crippen molar-refractivity contribution in [2.24, 2.45) is 0 Å². The average molecular weight is 349 g/mol. The van der Waals surface area contributed by atoms with Crippen LogP contribution in [0.25, 0.3) is 0 Å². The fraction of sp³-hybridized carbons (Fsp3) is 0.611. The van der Waals surface area contributed by atoms with Gasteiger partial charge in [-0.25, -0.2) is 4.79 Å². The van der Waals surface area contributed by atoms with Crippen LogP contribution in [0.2, 0.25) is 0 Å². The van der Waals surface area contributed by atoms with E-state index in [0.717, 1.165) is 6.42 Å². The van der Waals surface area contributed by atoms with E-state index in [1.807, 2.05) is 0 Å². The van der Waals surface area contributed by atoms with Crippen LogP contribution in [0.5, 0.6) is 0 Å². The molecular weight excluding hydrogens is 322 g/mol. The quantitative estimate of drug-likeness (QED) is 0.842. The Labute approximate surface area is 148 Å². The lowest BCUT2D eigenvalue weighted by atomic mass is 10.1. The maximum absolute atomic E-state index is 13.0. The van der Waals surface area contributed by atoms with Gasteiger partial charge in [-0.3, -0.25) is 9.59 Å². The van der Waals surface area contributed by atoms with Crippen molar-refractivity contribution in [3.05, 3.63) is 22.5 Å². The number of hydrogen-bond donors (Lipinski definition) is 1. The van der Waals surface area contributed by atoms with Gasteiger partial charge in [-0.1, -0.05) is 0 Å². The number of nitrogens with zero attached hydrogens (tertiary/aromatic N) is 2. The highest BCUT2D eigenvalue weighted by Gasteiger charge is 2.37. The number of aromatic amines is 1. The van der Waals surface area contributed by atoms with E-state index < -0.39 is 12.0 Å². The second-order valence-corrected chi connectivity index (χ2v) is 6.97. The van der Waals surface area contributed by atoms with Gasteiger partial charge in [0.1, 0.15) is 11.7 Å². The minimum Gasteiger partial charge on any atom is -0.459 e. The largest absolute Gasteiger partial charge is 0.459 e. The maximum atomic E-state index is 13.0. The Kier molecular flexibility index (Phi) is 5.55. The van der Waals surface area contributed by atoms with Gasteiger partial charge in [0.05, 0.1) is 11.7 Å². The molecule has 1 N–H and O–H groups in total. The smallest absolute Gasteiger partial charge is 0.340 e. The standard InChI is InChI=1S/C18H27N3O4/c1-10(2)25-18(24)14-11(3)15(19-12(14)4)17(23)21-9-7-8-13(21)16(22)20(5)6/h10,13,19H,7-9H2,1-6H3. The van der Waals surface area contributed by atoms with Crippen LogP contribution in [0.4, 0.5) is 0 Å². The zero-order chi connectivity index (χ0) is 18.9. The third kappa shape index (κ3) is 3.70. The number of carbonyl (C=O) groups is 3. The number of likely N-dealkylation sites (tertiary alicyclic amines) is 1. The van der Waals surface area contributed by atoms with Gasteiger partial charge in [0.15, 0.2) is 0 Å². The van der Waals surface area contributed by atoms with Crippen LogP contribution in [0, 0.1) is 13.8 Å². The molecule has 1 aromatic heterocycles. The Bertz CT molecular complexity index is 691. The third-order valence-corrected chi connectivity index (χ3v) is 4.44. The monoisotopic (exact) mass is 349 g/mol. The first-order valence-corrected chi connectivity index (χ1v) is 8.57. The highest BCUT2D eigenvalue weighted by atomic mass is 16.5. The van der Waals surface area contributed by atoms with E-state index in [2.05, 4.69) is 4.98 Å². The lowest BCUT2D eigenvalue weighted by molar-refractivity contribution is -0.132. The number of likely N-dealkylation sites (N-methyl/N-ethyl adjacent to an activating group) is 1. The average Bonchev–Trinajstić information content (AvgIpc) is 3.09. The van der Waals surface area contributed by atoms with E-state index in [1.54, 1.807) is 46.7 Å². The molecule has 7 nitrogen and oxygen atoms in total. The third-order valence-electron chi connectivity index (χ3n) is 4.44. The summed E-state index contributed by atoms with van der Waals surface area (Å²) in [6.07, 6.45) is 1.21. The van der Waals surface area contributed by atoms with Crippen molar-refractivity contribution in [2.45, 2.75) is 52.7 Å². The van der Waals surface area contributed by atoms with Gasteiger partial charge in [-0.05, 0) is 46.1 Å². The summed E-state index contributed by atoms with van der Waals surface area (Å²) in [6.45, 7) is 7.57. The molecule has 2 amide bonds. The van der Waals surface area contributed by atoms with Gasteiger partial charge in [-0.2, -0.15) is 0 Å². The number of nitrogens with one attached hydrogen (secondary N) is 1. The zero-order valence-electron chi connectivity index (χ0n) is 15.8. The number of esters is 1. The van der Waals surface area contributed by atoms with Crippen molar-refractivity contribution in [3.63, 3.8) is 0 Å². The second-order valence-electron chi connectivity index (χ2n) is 6.97. The molecule has 7 heteroatoms. The molecule has 1 fully saturated rings. The van der Waals surface area contributed by atoms with Gasteiger partial charge in [-0.15, -0.1) is 0 Å². The number of rotatable bonds is 4. The van der Waals surface area contributed by atoms with E-state index in [-0.39, 0.29) is 17.9 Å². The highest BCUT2D eigenvalue weighted by Crippen LogP contribution is 2.25. The Balaban J connectivity index is 2.31. The molecule has 1 unspecified atom stereocenters. The van der Waals surface area contributed by atoms with Crippen molar-refractivity contribution in [3.8, 4) is 0 Å². The fourth-order valence-corrected chi connectivity index (χ4v) is 3.25. The van der Waals surface area contributed by atoms with Crippen molar-refractivity contribution < 1.29 is 19.1 Å². The highest BCUT2D eigenvalue weighted by molar-refractivity contribution is 6.02. The minimum absolute atomic E-state index is 0.0776. The topological polar surface area (TPSA) is 82.7 Å². The van der Waals surface area contributed by atoms with Crippen LogP contribution in [0.15, 0.2) is 0 Å².